The third-order valence-corrected chi connectivity index (χ3v) is 6.02. The van der Waals surface area contributed by atoms with Crippen LogP contribution in [0.15, 0.2) is 64.9 Å². The zero-order valence-corrected chi connectivity index (χ0v) is 18.7. The highest BCUT2D eigenvalue weighted by Crippen LogP contribution is 2.29. The van der Waals surface area contributed by atoms with E-state index in [-0.39, 0.29) is 22.4 Å². The molecule has 0 radical (unpaired) electrons. The number of nitrogens with one attached hydrogen (secondary N) is 1. The van der Waals surface area contributed by atoms with Crippen LogP contribution in [0.1, 0.15) is 36.0 Å². The molecule has 3 aromatic rings. The fourth-order valence-corrected chi connectivity index (χ4v) is 4.00. The molecule has 0 bridgehead atoms. The topological polar surface area (TPSA) is 133 Å². The highest BCUT2D eigenvalue weighted by atomic mass is 32.2. The summed E-state index contributed by atoms with van der Waals surface area (Å²) in [6.07, 6.45) is 1.68. The number of thioether (sulfide) groups is 1. The van der Waals surface area contributed by atoms with E-state index in [1.165, 1.54) is 54.2 Å². The Labute approximate surface area is 195 Å². The van der Waals surface area contributed by atoms with E-state index in [0.29, 0.717) is 9.77 Å². The minimum absolute atomic E-state index is 0.0269. The molecule has 1 heterocycles. The van der Waals surface area contributed by atoms with Gasteiger partial charge in [-0.15, -0.1) is 23.1 Å². The summed E-state index contributed by atoms with van der Waals surface area (Å²) in [5.41, 5.74) is -0.347. The molecule has 0 saturated carbocycles. The van der Waals surface area contributed by atoms with E-state index in [1.54, 1.807) is 17.7 Å². The number of imide groups is 1. The Kier molecular flexibility index (Phi) is 7.70. The Bertz CT molecular complexity index is 1240. The minimum Gasteiger partial charge on any atom is -0.452 e. The van der Waals surface area contributed by atoms with Crippen molar-refractivity contribution < 1.29 is 28.8 Å². The van der Waals surface area contributed by atoms with E-state index in [1.807, 2.05) is 0 Å². The Balaban J connectivity index is 1.74. The number of ether oxygens (including phenoxy) is 1. The van der Waals surface area contributed by atoms with Crippen LogP contribution in [0.2, 0.25) is 0 Å². The summed E-state index contributed by atoms with van der Waals surface area (Å²) in [6, 6.07) is 13.0. The van der Waals surface area contributed by atoms with Gasteiger partial charge in [-0.05, 0) is 35.9 Å². The predicted molar refractivity (Wildman–Crippen MR) is 122 cm³/mol. The average molecular weight is 485 g/mol. The van der Waals surface area contributed by atoms with Gasteiger partial charge in [0.05, 0.1) is 20.3 Å². The average Bonchev–Trinajstić information content (AvgIpc) is 3.37. The summed E-state index contributed by atoms with van der Waals surface area (Å²) < 4.78 is 4.97. The zero-order chi connectivity index (χ0) is 24.0. The molecule has 2 aromatic carbocycles. The first-order chi connectivity index (χ1) is 15.8. The molecular weight excluding hydrogens is 468 g/mol. The van der Waals surface area contributed by atoms with E-state index < -0.39 is 35.1 Å². The van der Waals surface area contributed by atoms with E-state index in [0.717, 1.165) is 17.4 Å². The molecule has 0 fully saturated rings. The molecule has 2 amide bonds. The number of nitrogens with zero attached hydrogens (tertiary/aromatic N) is 1. The molecule has 33 heavy (non-hydrogen) atoms. The van der Waals surface area contributed by atoms with Crippen molar-refractivity contribution in [3.05, 3.63) is 91.7 Å². The standard InChI is InChI=1S/C22H16N2O7S2/c1-32-17-9-8-13(11-16(17)24(29)30)20(26)14-5-2-3-6-15(14)22(28)31-12-19(25)23-21(27)18-7-4-10-33-18/h2-11H,12H2,1H3,(H,23,25,27). The van der Waals surface area contributed by atoms with Gasteiger partial charge in [0.2, 0.25) is 0 Å². The second-order valence-electron chi connectivity index (χ2n) is 6.45. The molecular formula is C22H16N2O7S2. The van der Waals surface area contributed by atoms with Gasteiger partial charge in [-0.25, -0.2) is 4.79 Å². The molecule has 0 aliphatic rings. The zero-order valence-electron chi connectivity index (χ0n) is 17.1. The minimum atomic E-state index is -0.951. The fourth-order valence-electron chi connectivity index (χ4n) is 2.83. The molecule has 168 valence electrons. The van der Waals surface area contributed by atoms with Crippen LogP contribution in [-0.2, 0) is 9.53 Å². The van der Waals surface area contributed by atoms with Crippen molar-refractivity contribution in [1.82, 2.24) is 5.32 Å². The number of nitro groups is 1. The monoisotopic (exact) mass is 484 g/mol. The largest absolute Gasteiger partial charge is 0.452 e. The molecule has 0 spiro atoms. The number of amides is 2. The maximum absolute atomic E-state index is 13.0. The Morgan fingerprint density at radius 2 is 1.79 bits per heavy atom. The number of ketones is 1. The first kappa shape index (κ1) is 23.8. The van der Waals surface area contributed by atoms with Gasteiger partial charge in [0.1, 0.15) is 0 Å². The van der Waals surface area contributed by atoms with Crippen LogP contribution >= 0.6 is 23.1 Å². The highest BCUT2D eigenvalue weighted by Gasteiger charge is 2.23. The van der Waals surface area contributed by atoms with Gasteiger partial charge in [0.15, 0.2) is 12.4 Å². The number of rotatable bonds is 8. The lowest BCUT2D eigenvalue weighted by molar-refractivity contribution is -0.387. The molecule has 0 unspecified atom stereocenters. The number of benzene rings is 2. The number of esters is 1. The Hall–Kier alpha value is -3.83. The summed E-state index contributed by atoms with van der Waals surface area (Å²) in [5, 5.41) is 15.1. The second kappa shape index (κ2) is 10.7. The molecule has 9 nitrogen and oxygen atoms in total. The lowest BCUT2D eigenvalue weighted by atomic mass is 9.98. The van der Waals surface area contributed by atoms with Crippen molar-refractivity contribution in [2.75, 3.05) is 12.9 Å². The van der Waals surface area contributed by atoms with Gasteiger partial charge < -0.3 is 4.74 Å². The third kappa shape index (κ3) is 5.70. The molecule has 3 rings (SSSR count). The van der Waals surface area contributed by atoms with Crippen molar-refractivity contribution in [1.29, 1.82) is 0 Å². The van der Waals surface area contributed by atoms with E-state index in [2.05, 4.69) is 5.32 Å². The van der Waals surface area contributed by atoms with Crippen molar-refractivity contribution in [2.24, 2.45) is 0 Å². The number of carbonyl (C=O) groups is 4. The van der Waals surface area contributed by atoms with Crippen molar-refractivity contribution in [3.8, 4) is 0 Å². The quantitative estimate of drug-likeness (QED) is 0.168. The molecule has 0 aliphatic carbocycles. The van der Waals surface area contributed by atoms with Crippen LogP contribution in [0.25, 0.3) is 0 Å². The normalized spacial score (nSPS) is 10.3. The van der Waals surface area contributed by atoms with E-state index in [9.17, 15) is 29.3 Å². The number of thiophene rings is 1. The number of carbonyl (C=O) groups excluding carboxylic acids is 4. The second-order valence-corrected chi connectivity index (χ2v) is 8.24. The highest BCUT2D eigenvalue weighted by molar-refractivity contribution is 7.98. The molecule has 1 aromatic heterocycles. The SMILES string of the molecule is CSc1ccc(C(=O)c2ccccc2C(=O)OCC(=O)NC(=O)c2cccs2)cc1[N+](=O)[O-]. The Morgan fingerprint density at radius 1 is 1.06 bits per heavy atom. The van der Waals surface area contributed by atoms with Gasteiger partial charge >= 0.3 is 5.97 Å². The lowest BCUT2D eigenvalue weighted by Gasteiger charge is -2.10. The number of hydrogen-bond acceptors (Lipinski definition) is 9. The van der Waals surface area contributed by atoms with Gasteiger partial charge in [-0.3, -0.25) is 29.8 Å². The Morgan fingerprint density at radius 3 is 2.42 bits per heavy atom. The summed E-state index contributed by atoms with van der Waals surface area (Å²) in [6.45, 7) is -0.730. The van der Waals surface area contributed by atoms with Crippen LogP contribution < -0.4 is 5.32 Å². The van der Waals surface area contributed by atoms with Gasteiger partial charge in [-0.2, -0.15) is 0 Å². The van der Waals surface area contributed by atoms with Gasteiger partial charge in [0.25, 0.3) is 17.5 Å². The van der Waals surface area contributed by atoms with Crippen LogP contribution in [0.5, 0.6) is 0 Å². The van der Waals surface area contributed by atoms with E-state index in [4.69, 9.17) is 4.74 Å². The molecule has 0 saturated heterocycles. The smallest absolute Gasteiger partial charge is 0.339 e. The van der Waals surface area contributed by atoms with Crippen molar-refractivity contribution in [3.63, 3.8) is 0 Å². The summed E-state index contributed by atoms with van der Waals surface area (Å²) >= 11 is 2.32. The molecule has 1 N–H and O–H groups in total. The van der Waals surface area contributed by atoms with E-state index >= 15 is 0 Å². The van der Waals surface area contributed by atoms with Crippen LogP contribution in [-0.4, -0.2) is 41.4 Å². The lowest BCUT2D eigenvalue weighted by Crippen LogP contribution is -2.33. The first-order valence-electron chi connectivity index (χ1n) is 9.32. The summed E-state index contributed by atoms with van der Waals surface area (Å²) in [5.74, 6) is -3.01. The number of nitro benzene ring substituents is 1. The maximum Gasteiger partial charge on any atom is 0.339 e. The molecule has 0 aliphatic heterocycles. The first-order valence-corrected chi connectivity index (χ1v) is 11.4. The predicted octanol–water partition coefficient (Wildman–Crippen LogP) is 3.72. The van der Waals surface area contributed by atoms with Gasteiger partial charge in [-0.1, -0.05) is 24.3 Å². The van der Waals surface area contributed by atoms with Crippen LogP contribution in [0.3, 0.4) is 0 Å². The van der Waals surface area contributed by atoms with Crippen molar-refractivity contribution >= 4 is 52.4 Å². The third-order valence-electron chi connectivity index (χ3n) is 4.36. The van der Waals surface area contributed by atoms with Crippen molar-refractivity contribution in [2.45, 2.75) is 4.90 Å². The molecule has 11 heteroatoms. The summed E-state index contributed by atoms with van der Waals surface area (Å²) in [7, 11) is 0. The van der Waals surface area contributed by atoms with Crippen LogP contribution in [0.4, 0.5) is 5.69 Å². The fraction of sp³-hybridized carbons (Fsp3) is 0.0909. The number of hydrogen-bond donors (Lipinski definition) is 1. The van der Waals surface area contributed by atoms with Crippen LogP contribution in [0, 0.1) is 10.1 Å². The summed E-state index contributed by atoms with van der Waals surface area (Å²) in [4.78, 5) is 60.8. The van der Waals surface area contributed by atoms with Gasteiger partial charge in [0, 0.05) is 17.2 Å². The molecule has 0 atom stereocenters. The maximum atomic E-state index is 13.0.